The number of rotatable bonds is 7. The van der Waals surface area contributed by atoms with Gasteiger partial charge in [-0.25, -0.2) is 8.78 Å². The van der Waals surface area contributed by atoms with Gasteiger partial charge in [0.1, 0.15) is 0 Å². The molecule has 0 amide bonds. The predicted molar refractivity (Wildman–Crippen MR) is 140 cm³/mol. The summed E-state index contributed by atoms with van der Waals surface area (Å²) in [5.41, 5.74) is 4.77. The fourth-order valence-corrected chi connectivity index (χ4v) is 4.98. The molecular formula is C29H30F2N6. The Morgan fingerprint density at radius 3 is 2.30 bits per heavy atom. The van der Waals surface area contributed by atoms with Crippen LogP contribution in [0.1, 0.15) is 34.1 Å². The van der Waals surface area contributed by atoms with E-state index in [9.17, 15) is 8.78 Å². The van der Waals surface area contributed by atoms with Gasteiger partial charge in [0.25, 0.3) is 0 Å². The first-order chi connectivity index (χ1) is 18.0. The van der Waals surface area contributed by atoms with E-state index in [-0.39, 0.29) is 0 Å². The van der Waals surface area contributed by atoms with Crippen molar-refractivity contribution in [2.45, 2.75) is 19.9 Å². The lowest BCUT2D eigenvalue weighted by atomic mass is 10.0. The van der Waals surface area contributed by atoms with Gasteiger partial charge in [-0.05, 0) is 58.7 Å². The number of aryl methyl sites for hydroxylation is 2. The zero-order chi connectivity index (χ0) is 25.8. The Kier molecular flexibility index (Phi) is 7.48. The zero-order valence-electron chi connectivity index (χ0n) is 21.1. The first-order valence-corrected chi connectivity index (χ1v) is 12.5. The van der Waals surface area contributed by atoms with E-state index in [0.717, 1.165) is 49.5 Å². The molecule has 6 nitrogen and oxygen atoms in total. The van der Waals surface area contributed by atoms with Gasteiger partial charge < -0.3 is 0 Å². The monoisotopic (exact) mass is 500 g/mol. The topological polar surface area (TPSA) is 50.1 Å². The van der Waals surface area contributed by atoms with Crippen LogP contribution in [0.2, 0.25) is 0 Å². The summed E-state index contributed by atoms with van der Waals surface area (Å²) in [4.78, 5) is 4.63. The number of para-hydroxylation sites is 1. The van der Waals surface area contributed by atoms with Crippen molar-refractivity contribution < 1.29 is 8.78 Å². The Labute approximate surface area is 215 Å². The van der Waals surface area contributed by atoms with Crippen molar-refractivity contribution in [3.8, 4) is 5.69 Å². The zero-order valence-corrected chi connectivity index (χ0v) is 21.1. The Balaban J connectivity index is 1.41. The second kappa shape index (κ2) is 11.1. The minimum atomic E-state index is -0.877. The van der Waals surface area contributed by atoms with Crippen molar-refractivity contribution in [3.63, 3.8) is 0 Å². The van der Waals surface area contributed by atoms with Gasteiger partial charge in [0.05, 0.1) is 11.7 Å². The molecule has 4 aromatic rings. The van der Waals surface area contributed by atoms with Gasteiger partial charge >= 0.3 is 0 Å². The van der Waals surface area contributed by atoms with Crippen molar-refractivity contribution in [1.82, 2.24) is 30.0 Å². The molecule has 1 saturated heterocycles. The smallest absolute Gasteiger partial charge is 0.178 e. The summed E-state index contributed by atoms with van der Waals surface area (Å²) in [7, 11) is 0. The van der Waals surface area contributed by atoms with Crippen LogP contribution in [0.3, 0.4) is 0 Å². The molecule has 1 fully saturated rings. The second-order valence-electron chi connectivity index (χ2n) is 9.42. The van der Waals surface area contributed by atoms with Gasteiger partial charge in [0, 0.05) is 32.7 Å². The molecule has 1 atom stereocenters. The molecule has 0 radical (unpaired) electrons. The summed E-state index contributed by atoms with van der Waals surface area (Å²) in [6, 6.07) is 19.9. The van der Waals surface area contributed by atoms with Gasteiger partial charge in [-0.1, -0.05) is 66.7 Å². The highest BCUT2D eigenvalue weighted by Crippen LogP contribution is 2.31. The molecule has 0 saturated carbocycles. The standard InChI is InChI=1S/C29H30F2N6/c1-21-8-6-9-22(2)27(21)37-29(32-33-34-37)28(24-13-14-25(30)26(31)20-24)36-18-16-35(17-19-36)15-7-12-23-10-4-3-5-11-23/h3-14,20,28H,15-19H2,1-2H3/b12-7+/t28-/m0/s1. The number of hydrogen-bond acceptors (Lipinski definition) is 5. The highest BCUT2D eigenvalue weighted by Gasteiger charge is 2.32. The summed E-state index contributed by atoms with van der Waals surface area (Å²) < 4.78 is 30.0. The van der Waals surface area contributed by atoms with E-state index >= 15 is 0 Å². The van der Waals surface area contributed by atoms with Crippen LogP contribution in [0.5, 0.6) is 0 Å². The van der Waals surface area contributed by atoms with Gasteiger partial charge in [-0.15, -0.1) is 5.10 Å². The molecule has 0 N–H and O–H groups in total. The highest BCUT2D eigenvalue weighted by molar-refractivity contribution is 5.49. The van der Waals surface area contributed by atoms with Crippen LogP contribution < -0.4 is 0 Å². The summed E-state index contributed by atoms with van der Waals surface area (Å²) in [6.07, 6.45) is 4.31. The molecule has 37 heavy (non-hydrogen) atoms. The number of tetrazole rings is 1. The highest BCUT2D eigenvalue weighted by atomic mass is 19.2. The maximum absolute atomic E-state index is 14.4. The summed E-state index contributed by atoms with van der Waals surface area (Å²) in [6.45, 7) is 8.03. The molecule has 8 heteroatoms. The Morgan fingerprint density at radius 2 is 1.59 bits per heavy atom. The van der Waals surface area contributed by atoms with E-state index in [2.05, 4.69) is 49.6 Å². The maximum Gasteiger partial charge on any atom is 0.178 e. The number of piperazine rings is 1. The average molecular weight is 501 g/mol. The molecule has 1 aromatic heterocycles. The third-order valence-electron chi connectivity index (χ3n) is 6.89. The van der Waals surface area contributed by atoms with Crippen LogP contribution in [-0.4, -0.2) is 62.7 Å². The Bertz CT molecular complexity index is 1360. The lowest BCUT2D eigenvalue weighted by Gasteiger charge is -2.38. The van der Waals surface area contributed by atoms with E-state index in [1.165, 1.54) is 17.7 Å². The normalized spacial score (nSPS) is 15.9. The van der Waals surface area contributed by atoms with Crippen molar-refractivity contribution in [3.05, 3.63) is 113 Å². The lowest BCUT2D eigenvalue weighted by molar-refractivity contribution is 0.113. The van der Waals surface area contributed by atoms with Crippen LogP contribution in [-0.2, 0) is 0 Å². The lowest BCUT2D eigenvalue weighted by Crippen LogP contribution is -2.48. The molecule has 0 unspecified atom stereocenters. The molecule has 5 rings (SSSR count). The minimum Gasteiger partial charge on any atom is -0.297 e. The van der Waals surface area contributed by atoms with Gasteiger partial charge in [-0.2, -0.15) is 4.68 Å². The number of nitrogens with zero attached hydrogens (tertiary/aromatic N) is 6. The quantitative estimate of drug-likeness (QED) is 0.358. The Morgan fingerprint density at radius 1 is 0.865 bits per heavy atom. The molecule has 0 bridgehead atoms. The average Bonchev–Trinajstić information content (AvgIpc) is 3.36. The summed E-state index contributed by atoms with van der Waals surface area (Å²) in [5, 5.41) is 12.7. The van der Waals surface area contributed by atoms with Gasteiger partial charge in [0.15, 0.2) is 17.5 Å². The number of hydrogen-bond donors (Lipinski definition) is 0. The van der Waals surface area contributed by atoms with Crippen LogP contribution in [0.15, 0.2) is 72.8 Å². The fourth-order valence-electron chi connectivity index (χ4n) is 4.98. The second-order valence-corrected chi connectivity index (χ2v) is 9.42. The van der Waals surface area contributed by atoms with E-state index < -0.39 is 17.7 Å². The first kappa shape index (κ1) is 24.9. The molecule has 2 heterocycles. The SMILES string of the molecule is Cc1cccc(C)c1-n1nnnc1[C@H](c1ccc(F)c(F)c1)N1CCN(C/C=C/c2ccccc2)CC1. The third kappa shape index (κ3) is 5.50. The number of aromatic nitrogens is 4. The van der Waals surface area contributed by atoms with Crippen molar-refractivity contribution in [2.75, 3.05) is 32.7 Å². The van der Waals surface area contributed by atoms with Gasteiger partial charge in [-0.3, -0.25) is 9.80 Å². The van der Waals surface area contributed by atoms with Crippen LogP contribution in [0.25, 0.3) is 11.8 Å². The number of halogens is 2. The van der Waals surface area contributed by atoms with E-state index in [1.54, 1.807) is 10.7 Å². The predicted octanol–water partition coefficient (Wildman–Crippen LogP) is 4.98. The molecule has 0 spiro atoms. The molecule has 1 aliphatic heterocycles. The van der Waals surface area contributed by atoms with E-state index in [0.29, 0.717) is 11.4 Å². The van der Waals surface area contributed by atoms with Crippen molar-refractivity contribution >= 4 is 6.08 Å². The van der Waals surface area contributed by atoms with Crippen molar-refractivity contribution in [1.29, 1.82) is 0 Å². The molecule has 0 aliphatic carbocycles. The van der Waals surface area contributed by atoms with Crippen LogP contribution >= 0.6 is 0 Å². The van der Waals surface area contributed by atoms with E-state index in [4.69, 9.17) is 0 Å². The molecule has 190 valence electrons. The first-order valence-electron chi connectivity index (χ1n) is 12.5. The van der Waals surface area contributed by atoms with Gasteiger partial charge in [0.2, 0.25) is 0 Å². The number of benzene rings is 3. The third-order valence-corrected chi connectivity index (χ3v) is 6.89. The summed E-state index contributed by atoms with van der Waals surface area (Å²) in [5.74, 6) is -1.16. The van der Waals surface area contributed by atoms with Crippen LogP contribution in [0, 0.1) is 25.5 Å². The summed E-state index contributed by atoms with van der Waals surface area (Å²) >= 11 is 0. The van der Waals surface area contributed by atoms with Crippen LogP contribution in [0.4, 0.5) is 8.78 Å². The fraction of sp³-hybridized carbons (Fsp3) is 0.276. The maximum atomic E-state index is 14.4. The minimum absolute atomic E-state index is 0.425. The molecule has 1 aliphatic rings. The molecule has 3 aromatic carbocycles. The Hall–Kier alpha value is -3.75. The largest absolute Gasteiger partial charge is 0.297 e. The van der Waals surface area contributed by atoms with E-state index in [1.807, 2.05) is 50.2 Å². The van der Waals surface area contributed by atoms with Crippen molar-refractivity contribution in [2.24, 2.45) is 0 Å². The molecular weight excluding hydrogens is 470 g/mol.